The lowest BCUT2D eigenvalue weighted by Crippen LogP contribution is -2.52. The van der Waals surface area contributed by atoms with Crippen LogP contribution in [0.4, 0.5) is 0 Å². The fourth-order valence-electron chi connectivity index (χ4n) is 2.89. The average molecular weight is 464 g/mol. The molecule has 0 spiro atoms. The van der Waals surface area contributed by atoms with E-state index < -0.39 is 0 Å². The number of likely N-dealkylation sites (N-methyl/N-ethyl adjacent to an activating group) is 1. The summed E-state index contributed by atoms with van der Waals surface area (Å²) in [7, 11) is 4.00. The predicted octanol–water partition coefficient (Wildman–Crippen LogP) is 0.259. The Hall–Kier alpha value is -0.940. The van der Waals surface area contributed by atoms with Crippen LogP contribution in [0.25, 0.3) is 0 Å². The zero-order chi connectivity index (χ0) is 17.4. The van der Waals surface area contributed by atoms with Gasteiger partial charge in [-0.25, -0.2) is 0 Å². The lowest BCUT2D eigenvalue weighted by molar-refractivity contribution is 0.120. The summed E-state index contributed by atoms with van der Waals surface area (Å²) in [5.41, 5.74) is 0. The largest absolute Gasteiger partial charge is 0.355 e. The maximum atomic E-state index is 4.31. The SMILES string of the molecule is CCc1nncn1CCNC(=NC)NCC(C)N1CCN(C)CC1.I. The number of piperazine rings is 1. The first-order chi connectivity index (χ1) is 11.6. The van der Waals surface area contributed by atoms with Gasteiger partial charge in [0.2, 0.25) is 0 Å². The summed E-state index contributed by atoms with van der Waals surface area (Å²) in [4.78, 5) is 9.22. The van der Waals surface area contributed by atoms with Crippen molar-refractivity contribution < 1.29 is 0 Å². The van der Waals surface area contributed by atoms with Crippen molar-refractivity contribution in [1.82, 2.24) is 35.2 Å². The van der Waals surface area contributed by atoms with Crippen molar-refractivity contribution in [2.75, 3.05) is 53.4 Å². The third-order valence-electron chi connectivity index (χ3n) is 4.61. The van der Waals surface area contributed by atoms with Gasteiger partial charge in [0.05, 0.1) is 0 Å². The number of halogens is 1. The highest BCUT2D eigenvalue weighted by Crippen LogP contribution is 2.03. The molecule has 1 atom stereocenters. The molecular formula is C16H33IN8. The van der Waals surface area contributed by atoms with Crippen molar-refractivity contribution in [2.45, 2.75) is 32.9 Å². The molecule has 144 valence electrons. The molecule has 1 aliphatic heterocycles. The summed E-state index contributed by atoms with van der Waals surface area (Å²) in [6, 6.07) is 0.502. The summed E-state index contributed by atoms with van der Waals surface area (Å²) < 4.78 is 2.08. The zero-order valence-corrected chi connectivity index (χ0v) is 18.2. The van der Waals surface area contributed by atoms with Crippen LogP contribution in [0.5, 0.6) is 0 Å². The van der Waals surface area contributed by atoms with Gasteiger partial charge in [0.1, 0.15) is 12.2 Å². The molecule has 1 aromatic rings. The van der Waals surface area contributed by atoms with Crippen molar-refractivity contribution in [3.05, 3.63) is 12.2 Å². The molecule has 0 aromatic carbocycles. The Labute approximate surface area is 168 Å². The third-order valence-corrected chi connectivity index (χ3v) is 4.61. The number of rotatable bonds is 7. The topological polar surface area (TPSA) is 73.6 Å². The summed E-state index contributed by atoms with van der Waals surface area (Å²) in [5.74, 6) is 1.87. The van der Waals surface area contributed by atoms with Crippen molar-refractivity contribution in [2.24, 2.45) is 4.99 Å². The Bertz CT molecular complexity index is 510. The van der Waals surface area contributed by atoms with Gasteiger partial charge in [0, 0.05) is 65.3 Å². The van der Waals surface area contributed by atoms with E-state index >= 15 is 0 Å². The number of nitrogens with zero attached hydrogens (tertiary/aromatic N) is 6. The highest BCUT2D eigenvalue weighted by atomic mass is 127. The van der Waals surface area contributed by atoms with E-state index in [4.69, 9.17) is 0 Å². The molecule has 1 fully saturated rings. The lowest BCUT2D eigenvalue weighted by Gasteiger charge is -2.36. The second-order valence-electron chi connectivity index (χ2n) is 6.36. The number of hydrogen-bond donors (Lipinski definition) is 2. The molecule has 2 N–H and O–H groups in total. The van der Waals surface area contributed by atoms with Gasteiger partial charge in [0.25, 0.3) is 0 Å². The monoisotopic (exact) mass is 464 g/mol. The number of aliphatic imine (C=N–C) groups is 1. The van der Waals surface area contributed by atoms with E-state index in [-0.39, 0.29) is 24.0 Å². The maximum absolute atomic E-state index is 4.31. The van der Waals surface area contributed by atoms with Crippen LogP contribution in [0.3, 0.4) is 0 Å². The van der Waals surface area contributed by atoms with Gasteiger partial charge in [-0.05, 0) is 14.0 Å². The molecule has 25 heavy (non-hydrogen) atoms. The Morgan fingerprint density at radius 3 is 2.64 bits per heavy atom. The van der Waals surface area contributed by atoms with Crippen LogP contribution in [0.15, 0.2) is 11.3 Å². The molecule has 2 rings (SSSR count). The van der Waals surface area contributed by atoms with Crippen molar-refractivity contribution in [3.8, 4) is 0 Å². The quantitative estimate of drug-likeness (QED) is 0.343. The first-order valence-electron chi connectivity index (χ1n) is 8.87. The minimum atomic E-state index is 0. The molecule has 1 unspecified atom stereocenters. The summed E-state index contributed by atoms with van der Waals surface area (Å²) in [6.07, 6.45) is 2.68. The van der Waals surface area contributed by atoms with Crippen LogP contribution < -0.4 is 10.6 Å². The average Bonchev–Trinajstić information content (AvgIpc) is 3.05. The van der Waals surface area contributed by atoms with Gasteiger partial charge in [0.15, 0.2) is 5.96 Å². The van der Waals surface area contributed by atoms with Crippen LogP contribution in [0.1, 0.15) is 19.7 Å². The normalized spacial score (nSPS) is 17.8. The minimum absolute atomic E-state index is 0. The number of nitrogens with one attached hydrogen (secondary N) is 2. The second-order valence-corrected chi connectivity index (χ2v) is 6.36. The van der Waals surface area contributed by atoms with E-state index in [1.165, 1.54) is 0 Å². The third kappa shape index (κ3) is 7.06. The predicted molar refractivity (Wildman–Crippen MR) is 113 cm³/mol. The molecular weight excluding hydrogens is 431 g/mol. The van der Waals surface area contributed by atoms with Gasteiger partial charge in [-0.1, -0.05) is 6.92 Å². The van der Waals surface area contributed by atoms with Crippen molar-refractivity contribution >= 4 is 29.9 Å². The Balaban J connectivity index is 0.00000312. The van der Waals surface area contributed by atoms with Crippen LogP contribution in [0, 0.1) is 0 Å². The van der Waals surface area contributed by atoms with Gasteiger partial charge >= 0.3 is 0 Å². The molecule has 1 aromatic heterocycles. The molecule has 0 aliphatic carbocycles. The van der Waals surface area contributed by atoms with Crippen LogP contribution >= 0.6 is 24.0 Å². The van der Waals surface area contributed by atoms with E-state index in [2.05, 4.69) is 61.1 Å². The molecule has 8 nitrogen and oxygen atoms in total. The highest BCUT2D eigenvalue weighted by Gasteiger charge is 2.18. The molecule has 0 saturated carbocycles. The second kappa shape index (κ2) is 11.6. The Morgan fingerprint density at radius 1 is 1.28 bits per heavy atom. The lowest BCUT2D eigenvalue weighted by atomic mass is 10.2. The van der Waals surface area contributed by atoms with Crippen molar-refractivity contribution in [3.63, 3.8) is 0 Å². The summed E-state index contributed by atoms with van der Waals surface area (Å²) in [6.45, 7) is 11.5. The minimum Gasteiger partial charge on any atom is -0.355 e. The molecule has 0 radical (unpaired) electrons. The number of aryl methyl sites for hydroxylation is 1. The number of guanidine groups is 1. The zero-order valence-electron chi connectivity index (χ0n) is 15.9. The van der Waals surface area contributed by atoms with E-state index in [9.17, 15) is 0 Å². The van der Waals surface area contributed by atoms with E-state index in [0.29, 0.717) is 6.04 Å². The van der Waals surface area contributed by atoms with Gasteiger partial charge in [-0.2, -0.15) is 0 Å². The highest BCUT2D eigenvalue weighted by molar-refractivity contribution is 14.0. The van der Waals surface area contributed by atoms with E-state index in [0.717, 1.165) is 64.0 Å². The van der Waals surface area contributed by atoms with E-state index in [1.54, 1.807) is 6.33 Å². The van der Waals surface area contributed by atoms with Gasteiger partial charge < -0.3 is 20.1 Å². The molecule has 2 heterocycles. The molecule has 0 amide bonds. The fourth-order valence-corrected chi connectivity index (χ4v) is 2.89. The van der Waals surface area contributed by atoms with Crippen LogP contribution in [0.2, 0.25) is 0 Å². The first kappa shape index (κ1) is 22.1. The fraction of sp³-hybridized carbons (Fsp3) is 0.812. The Kier molecular flexibility index (Phi) is 10.3. The molecule has 1 aliphatic rings. The smallest absolute Gasteiger partial charge is 0.191 e. The standard InChI is InChI=1S/C16H32N8.HI/c1-5-15-21-20-13-24(15)7-6-18-16(17-3)19-12-14(2)23-10-8-22(4)9-11-23;/h13-14H,5-12H2,1-4H3,(H2,17,18,19);1H. The molecule has 9 heteroatoms. The van der Waals surface area contributed by atoms with Crippen molar-refractivity contribution in [1.29, 1.82) is 0 Å². The number of aromatic nitrogens is 3. The van der Waals surface area contributed by atoms with E-state index in [1.807, 2.05) is 7.05 Å². The Morgan fingerprint density at radius 2 is 2.00 bits per heavy atom. The van der Waals surface area contributed by atoms with Gasteiger partial charge in [-0.3, -0.25) is 9.89 Å². The van der Waals surface area contributed by atoms with Gasteiger partial charge in [-0.15, -0.1) is 34.2 Å². The van der Waals surface area contributed by atoms with Crippen LogP contribution in [-0.2, 0) is 13.0 Å². The molecule has 1 saturated heterocycles. The summed E-state index contributed by atoms with van der Waals surface area (Å²) >= 11 is 0. The van der Waals surface area contributed by atoms with Crippen LogP contribution in [-0.4, -0.2) is 89.9 Å². The summed E-state index contributed by atoms with van der Waals surface area (Å²) in [5, 5.41) is 14.8. The maximum Gasteiger partial charge on any atom is 0.191 e. The number of hydrogen-bond acceptors (Lipinski definition) is 5. The first-order valence-corrected chi connectivity index (χ1v) is 8.87. The molecule has 0 bridgehead atoms.